The Hall–Kier alpha value is -1.65. The number of aliphatic hydroxyl groups is 2. The van der Waals surface area contributed by atoms with E-state index < -0.39 is 17.7 Å². The van der Waals surface area contributed by atoms with E-state index in [1.807, 2.05) is 30.4 Å². The van der Waals surface area contributed by atoms with Crippen molar-refractivity contribution >= 4 is 5.97 Å². The van der Waals surface area contributed by atoms with Crippen molar-refractivity contribution in [3.05, 3.63) is 48.0 Å². The number of aliphatic carboxylic acids is 1. The minimum Gasteiger partial charge on any atom is -0.481 e. The molecule has 0 saturated heterocycles. The van der Waals surface area contributed by atoms with E-state index in [-0.39, 0.29) is 12.3 Å². The molecule has 3 atom stereocenters. The molecule has 4 nitrogen and oxygen atoms in total. The van der Waals surface area contributed by atoms with Gasteiger partial charge in [-0.05, 0) is 56.4 Å². The van der Waals surface area contributed by atoms with Crippen molar-refractivity contribution in [3.63, 3.8) is 0 Å². The average molecular weight is 346 g/mol. The van der Waals surface area contributed by atoms with Gasteiger partial charge in [0.2, 0.25) is 0 Å². The van der Waals surface area contributed by atoms with E-state index in [0.717, 1.165) is 38.5 Å². The van der Waals surface area contributed by atoms with Gasteiger partial charge in [0.25, 0.3) is 0 Å². The van der Waals surface area contributed by atoms with Crippen molar-refractivity contribution in [2.45, 2.75) is 69.5 Å². The minimum absolute atomic E-state index is 0.150. The maximum Gasteiger partial charge on any atom is 0.306 e. The van der Waals surface area contributed by atoms with Crippen LogP contribution in [0.3, 0.4) is 0 Å². The number of hydrogen-bond acceptors (Lipinski definition) is 3. The Morgan fingerprint density at radius 3 is 2.76 bits per heavy atom. The van der Waals surface area contributed by atoms with Gasteiger partial charge in [0.05, 0.1) is 18.1 Å². The number of hydrogen-bond donors (Lipinski definition) is 3. The van der Waals surface area contributed by atoms with Gasteiger partial charge in [-0.3, -0.25) is 4.79 Å². The third-order valence-electron chi connectivity index (χ3n) is 5.00. The number of benzene rings is 1. The second kappa shape index (κ2) is 9.73. The van der Waals surface area contributed by atoms with E-state index in [4.69, 9.17) is 5.11 Å². The summed E-state index contributed by atoms with van der Waals surface area (Å²) in [5.41, 5.74) is 0.229. The second-order valence-electron chi connectivity index (χ2n) is 7.33. The quantitative estimate of drug-likeness (QED) is 0.470. The lowest BCUT2D eigenvalue weighted by Gasteiger charge is -2.34. The Morgan fingerprint density at radius 2 is 2.04 bits per heavy atom. The van der Waals surface area contributed by atoms with Crippen LogP contribution in [0.15, 0.2) is 42.5 Å². The second-order valence-corrected chi connectivity index (χ2v) is 7.33. The van der Waals surface area contributed by atoms with Crippen LogP contribution in [-0.4, -0.2) is 33.0 Å². The molecule has 0 unspecified atom stereocenters. The van der Waals surface area contributed by atoms with E-state index in [1.165, 1.54) is 5.56 Å². The molecular weight excluding hydrogens is 316 g/mol. The van der Waals surface area contributed by atoms with Gasteiger partial charge in [-0.2, -0.15) is 0 Å². The highest BCUT2D eigenvalue weighted by atomic mass is 16.4. The normalized spacial score (nSPS) is 25.1. The summed E-state index contributed by atoms with van der Waals surface area (Å²) in [6.07, 6.45) is 9.69. The lowest BCUT2D eigenvalue weighted by Crippen LogP contribution is -2.37. The number of carbonyl (C=O) groups is 1. The Balaban J connectivity index is 1.68. The van der Waals surface area contributed by atoms with E-state index in [1.54, 1.807) is 0 Å². The fourth-order valence-corrected chi connectivity index (χ4v) is 3.70. The molecule has 0 bridgehead atoms. The molecule has 0 radical (unpaired) electrons. The summed E-state index contributed by atoms with van der Waals surface area (Å²) in [6.45, 7) is 0. The Bertz CT molecular complexity index is 554. The maximum absolute atomic E-state index is 10.9. The van der Waals surface area contributed by atoms with Crippen molar-refractivity contribution in [2.75, 3.05) is 0 Å². The number of rotatable bonds is 9. The van der Waals surface area contributed by atoms with Crippen LogP contribution in [0.1, 0.15) is 56.9 Å². The Labute approximate surface area is 150 Å². The summed E-state index contributed by atoms with van der Waals surface area (Å²) in [5.74, 6) is -0.803. The number of unbranched alkanes of at least 4 members (excludes halogenated alkanes) is 1. The number of carboxylic acids is 1. The molecule has 1 aromatic carbocycles. The van der Waals surface area contributed by atoms with Crippen LogP contribution in [-0.2, 0) is 11.2 Å². The van der Waals surface area contributed by atoms with Crippen LogP contribution in [0, 0.1) is 5.92 Å². The zero-order chi connectivity index (χ0) is 18.1. The first-order chi connectivity index (χ1) is 12.0. The van der Waals surface area contributed by atoms with Crippen molar-refractivity contribution in [2.24, 2.45) is 5.92 Å². The minimum atomic E-state index is -1.10. The molecule has 25 heavy (non-hydrogen) atoms. The third-order valence-corrected chi connectivity index (χ3v) is 5.00. The van der Waals surface area contributed by atoms with Crippen LogP contribution >= 0.6 is 0 Å². The van der Waals surface area contributed by atoms with E-state index in [0.29, 0.717) is 12.8 Å². The molecule has 3 N–H and O–H groups in total. The van der Waals surface area contributed by atoms with E-state index in [9.17, 15) is 15.0 Å². The first-order valence-electron chi connectivity index (χ1n) is 9.31. The van der Waals surface area contributed by atoms with Crippen LogP contribution in [0.2, 0.25) is 0 Å². The Morgan fingerprint density at radius 1 is 1.28 bits per heavy atom. The number of carboxylic acid groups (broad SMARTS) is 1. The molecule has 0 aromatic heterocycles. The predicted molar refractivity (Wildman–Crippen MR) is 98.3 cm³/mol. The topological polar surface area (TPSA) is 77.8 Å². The fourth-order valence-electron chi connectivity index (χ4n) is 3.70. The van der Waals surface area contributed by atoms with Gasteiger partial charge in [0.15, 0.2) is 0 Å². The zero-order valence-electron chi connectivity index (χ0n) is 14.8. The number of aryl methyl sites for hydroxylation is 1. The molecule has 1 fully saturated rings. The molecular formula is C21H30O4. The summed E-state index contributed by atoms with van der Waals surface area (Å²) >= 11 is 0. The van der Waals surface area contributed by atoms with E-state index in [2.05, 4.69) is 12.1 Å². The summed E-state index contributed by atoms with van der Waals surface area (Å²) < 4.78 is 0. The highest BCUT2D eigenvalue weighted by Crippen LogP contribution is 2.35. The molecule has 1 aliphatic carbocycles. The largest absolute Gasteiger partial charge is 0.481 e. The highest BCUT2D eigenvalue weighted by molar-refractivity contribution is 5.68. The molecule has 0 amide bonds. The van der Waals surface area contributed by atoms with Crippen molar-refractivity contribution in [1.82, 2.24) is 0 Å². The van der Waals surface area contributed by atoms with Gasteiger partial charge in [0, 0.05) is 0 Å². The summed E-state index contributed by atoms with van der Waals surface area (Å²) in [5, 5.41) is 29.4. The van der Waals surface area contributed by atoms with Crippen molar-refractivity contribution in [3.8, 4) is 0 Å². The molecule has 1 aliphatic rings. The van der Waals surface area contributed by atoms with Crippen LogP contribution < -0.4 is 0 Å². The van der Waals surface area contributed by atoms with Gasteiger partial charge in [-0.25, -0.2) is 0 Å². The standard InChI is InChI=1S/C21H30O4/c22-19(11-5-4-9-17-7-2-1-3-8-17)13-12-18-10-6-14-21(25,15-18)16-20(23)24/h1-3,7-8,12-13,18-19,22,25H,4-6,9-11,14-16H2,(H,23,24)/b13-12+/t18-,19+,21+/m1/s1. The fraction of sp³-hybridized carbons (Fsp3) is 0.571. The molecule has 1 saturated carbocycles. The maximum atomic E-state index is 10.9. The summed E-state index contributed by atoms with van der Waals surface area (Å²) in [4.78, 5) is 10.9. The molecule has 0 heterocycles. The third kappa shape index (κ3) is 7.41. The number of allylic oxidation sites excluding steroid dienone is 1. The molecule has 1 aromatic rings. The Kier molecular flexibility index (Phi) is 7.66. The lowest BCUT2D eigenvalue weighted by atomic mass is 9.76. The zero-order valence-corrected chi connectivity index (χ0v) is 14.8. The molecule has 0 aliphatic heterocycles. The first-order valence-corrected chi connectivity index (χ1v) is 9.31. The first kappa shape index (κ1) is 19.7. The highest BCUT2D eigenvalue weighted by Gasteiger charge is 2.35. The monoisotopic (exact) mass is 346 g/mol. The van der Waals surface area contributed by atoms with Crippen LogP contribution in [0.25, 0.3) is 0 Å². The molecule has 4 heteroatoms. The van der Waals surface area contributed by atoms with E-state index >= 15 is 0 Å². The SMILES string of the molecule is O=C(O)C[C@]1(O)CCC[C@H](/C=C/[C@@H](O)CCCCc2ccccc2)C1. The van der Waals surface area contributed by atoms with Crippen molar-refractivity contribution < 1.29 is 20.1 Å². The van der Waals surface area contributed by atoms with Gasteiger partial charge in [0.1, 0.15) is 0 Å². The van der Waals surface area contributed by atoms with Gasteiger partial charge in [-0.15, -0.1) is 0 Å². The van der Waals surface area contributed by atoms with Crippen LogP contribution in [0.4, 0.5) is 0 Å². The lowest BCUT2D eigenvalue weighted by molar-refractivity contribution is -0.144. The van der Waals surface area contributed by atoms with Gasteiger partial charge < -0.3 is 15.3 Å². The van der Waals surface area contributed by atoms with Crippen LogP contribution in [0.5, 0.6) is 0 Å². The average Bonchev–Trinajstić information content (AvgIpc) is 2.57. The van der Waals surface area contributed by atoms with Crippen molar-refractivity contribution in [1.29, 1.82) is 0 Å². The summed E-state index contributed by atoms with van der Waals surface area (Å²) in [7, 11) is 0. The molecule has 0 spiro atoms. The molecule has 2 rings (SSSR count). The summed E-state index contributed by atoms with van der Waals surface area (Å²) in [6, 6.07) is 10.3. The molecule has 138 valence electrons. The van der Waals surface area contributed by atoms with Gasteiger partial charge >= 0.3 is 5.97 Å². The number of aliphatic hydroxyl groups excluding tert-OH is 1. The smallest absolute Gasteiger partial charge is 0.306 e. The van der Waals surface area contributed by atoms with Gasteiger partial charge in [-0.1, -0.05) is 48.9 Å². The predicted octanol–water partition coefficient (Wildman–Crippen LogP) is 3.71.